The van der Waals surface area contributed by atoms with Crippen LogP contribution in [0, 0.1) is 0 Å². The van der Waals surface area contributed by atoms with Crippen molar-refractivity contribution in [3.8, 4) is 11.3 Å². The van der Waals surface area contributed by atoms with Crippen molar-refractivity contribution in [3.05, 3.63) is 34.5 Å². The first kappa shape index (κ1) is 17.4. The van der Waals surface area contributed by atoms with Gasteiger partial charge in [0.2, 0.25) is 0 Å². The topological polar surface area (TPSA) is 39.7 Å². The Labute approximate surface area is 142 Å². The van der Waals surface area contributed by atoms with Crippen molar-refractivity contribution in [1.29, 1.82) is 0 Å². The molecule has 0 fully saturated rings. The number of thiophene rings is 1. The first-order chi connectivity index (χ1) is 10.9. The number of nitrogens with zero attached hydrogens (tertiary/aromatic N) is 4. The summed E-state index contributed by atoms with van der Waals surface area (Å²) in [5, 5.41) is 4.09. The SMILES string of the molecule is CN(C)CCN(C)C(=O)c1ccc(-c2ccsc2)nc1N(C)C. The van der Waals surface area contributed by atoms with Crippen molar-refractivity contribution >= 4 is 23.1 Å². The number of anilines is 1. The second-order valence-electron chi connectivity index (χ2n) is 6.00. The molecular weight excluding hydrogens is 308 g/mol. The molecule has 0 saturated carbocycles. The van der Waals surface area contributed by atoms with Gasteiger partial charge in [-0.2, -0.15) is 11.3 Å². The molecule has 5 nitrogen and oxygen atoms in total. The molecule has 0 bridgehead atoms. The Kier molecular flexibility index (Phi) is 5.74. The van der Waals surface area contributed by atoms with E-state index >= 15 is 0 Å². The Bertz CT molecular complexity index is 653. The molecule has 0 aromatic carbocycles. The summed E-state index contributed by atoms with van der Waals surface area (Å²) in [6.07, 6.45) is 0. The maximum absolute atomic E-state index is 12.7. The van der Waals surface area contributed by atoms with E-state index in [9.17, 15) is 4.79 Å². The molecule has 2 aromatic rings. The van der Waals surface area contributed by atoms with Crippen molar-refractivity contribution < 1.29 is 4.79 Å². The van der Waals surface area contributed by atoms with E-state index in [1.807, 2.05) is 63.7 Å². The minimum absolute atomic E-state index is 0.0000753. The first-order valence-electron chi connectivity index (χ1n) is 7.51. The lowest BCUT2D eigenvalue weighted by molar-refractivity contribution is 0.0786. The third-order valence-corrected chi connectivity index (χ3v) is 4.26. The number of rotatable bonds is 6. The fraction of sp³-hybridized carbons (Fsp3) is 0.412. The molecule has 0 aliphatic heterocycles. The molecule has 0 saturated heterocycles. The monoisotopic (exact) mass is 332 g/mol. The summed E-state index contributed by atoms with van der Waals surface area (Å²) in [4.78, 5) is 23.1. The van der Waals surface area contributed by atoms with Gasteiger partial charge in [0.15, 0.2) is 0 Å². The summed E-state index contributed by atoms with van der Waals surface area (Å²) < 4.78 is 0. The predicted octanol–water partition coefficient (Wildman–Crippen LogP) is 2.51. The van der Waals surface area contributed by atoms with E-state index < -0.39 is 0 Å². The zero-order valence-corrected chi connectivity index (χ0v) is 15.2. The van der Waals surface area contributed by atoms with Gasteiger partial charge in [-0.3, -0.25) is 4.79 Å². The Morgan fingerprint density at radius 1 is 1.09 bits per heavy atom. The molecule has 0 atom stereocenters. The largest absolute Gasteiger partial charge is 0.362 e. The fourth-order valence-corrected chi connectivity index (χ4v) is 2.83. The highest BCUT2D eigenvalue weighted by atomic mass is 32.1. The normalized spacial score (nSPS) is 10.9. The number of pyridine rings is 1. The molecule has 124 valence electrons. The summed E-state index contributed by atoms with van der Waals surface area (Å²) in [6, 6.07) is 5.84. The van der Waals surface area contributed by atoms with Crippen LogP contribution < -0.4 is 4.90 Å². The van der Waals surface area contributed by atoms with Crippen LogP contribution in [0.5, 0.6) is 0 Å². The lowest BCUT2D eigenvalue weighted by atomic mass is 10.1. The molecule has 23 heavy (non-hydrogen) atoms. The molecule has 1 amide bonds. The molecule has 0 aliphatic rings. The molecule has 0 spiro atoms. The van der Waals surface area contributed by atoms with Crippen molar-refractivity contribution in [2.24, 2.45) is 0 Å². The minimum atomic E-state index is -0.0000753. The molecule has 0 N–H and O–H groups in total. The summed E-state index contributed by atoms with van der Waals surface area (Å²) in [5.41, 5.74) is 2.61. The number of carbonyl (C=O) groups is 1. The smallest absolute Gasteiger partial charge is 0.257 e. The second kappa shape index (κ2) is 7.57. The van der Waals surface area contributed by atoms with Gasteiger partial charge in [-0.05, 0) is 37.7 Å². The first-order valence-corrected chi connectivity index (χ1v) is 8.45. The van der Waals surface area contributed by atoms with E-state index in [0.29, 0.717) is 17.9 Å². The standard InChI is InChI=1S/C17H24N4OS/c1-19(2)9-10-21(5)17(22)14-6-7-15(13-8-11-23-12-13)18-16(14)20(3)4/h6-8,11-12H,9-10H2,1-5H3. The molecule has 6 heteroatoms. The average molecular weight is 332 g/mol. The highest BCUT2D eigenvalue weighted by Crippen LogP contribution is 2.25. The van der Waals surface area contributed by atoms with Crippen LogP contribution in [0.4, 0.5) is 5.82 Å². The van der Waals surface area contributed by atoms with Crippen molar-refractivity contribution in [2.75, 3.05) is 53.2 Å². The van der Waals surface area contributed by atoms with Gasteiger partial charge in [-0.1, -0.05) is 0 Å². The average Bonchev–Trinajstić information content (AvgIpc) is 3.05. The Morgan fingerprint density at radius 2 is 1.83 bits per heavy atom. The van der Waals surface area contributed by atoms with E-state index in [-0.39, 0.29) is 5.91 Å². The number of amides is 1. The van der Waals surface area contributed by atoms with Crippen LogP contribution in [0.15, 0.2) is 29.0 Å². The third-order valence-electron chi connectivity index (χ3n) is 3.58. The van der Waals surface area contributed by atoms with Crippen LogP contribution in [-0.2, 0) is 0 Å². The quantitative estimate of drug-likeness (QED) is 0.815. The number of hydrogen-bond donors (Lipinski definition) is 0. The highest BCUT2D eigenvalue weighted by Gasteiger charge is 2.19. The number of carbonyl (C=O) groups excluding carboxylic acids is 1. The predicted molar refractivity (Wildman–Crippen MR) is 97.4 cm³/mol. The number of hydrogen-bond acceptors (Lipinski definition) is 5. The van der Waals surface area contributed by atoms with Gasteiger partial charge in [0, 0.05) is 45.2 Å². The molecule has 0 aliphatic carbocycles. The van der Waals surface area contributed by atoms with Gasteiger partial charge in [0.25, 0.3) is 5.91 Å². The minimum Gasteiger partial charge on any atom is -0.362 e. The summed E-state index contributed by atoms with van der Waals surface area (Å²) in [6.45, 7) is 1.52. The molecule has 2 aromatic heterocycles. The molecule has 2 rings (SSSR count). The maximum Gasteiger partial charge on any atom is 0.257 e. The van der Waals surface area contributed by atoms with Crippen LogP contribution in [0.3, 0.4) is 0 Å². The second-order valence-corrected chi connectivity index (χ2v) is 6.78. The van der Waals surface area contributed by atoms with E-state index in [4.69, 9.17) is 0 Å². The van der Waals surface area contributed by atoms with Crippen LogP contribution >= 0.6 is 11.3 Å². The fourth-order valence-electron chi connectivity index (χ4n) is 2.18. The van der Waals surface area contributed by atoms with Crippen molar-refractivity contribution in [1.82, 2.24) is 14.8 Å². The summed E-state index contributed by atoms with van der Waals surface area (Å²) in [5.74, 6) is 0.704. The maximum atomic E-state index is 12.7. The van der Waals surface area contributed by atoms with Crippen LogP contribution in [0.2, 0.25) is 0 Å². The number of aromatic nitrogens is 1. The van der Waals surface area contributed by atoms with Crippen LogP contribution in [0.25, 0.3) is 11.3 Å². The molecule has 2 heterocycles. The zero-order chi connectivity index (χ0) is 17.0. The van der Waals surface area contributed by atoms with Crippen LogP contribution in [0.1, 0.15) is 10.4 Å². The van der Waals surface area contributed by atoms with Gasteiger partial charge < -0.3 is 14.7 Å². The third kappa shape index (κ3) is 4.30. The Hall–Kier alpha value is -1.92. The van der Waals surface area contributed by atoms with Gasteiger partial charge >= 0.3 is 0 Å². The lowest BCUT2D eigenvalue weighted by Crippen LogP contribution is -2.34. The molecule has 0 radical (unpaired) electrons. The van der Waals surface area contributed by atoms with Gasteiger partial charge in [0.1, 0.15) is 5.82 Å². The van der Waals surface area contributed by atoms with Gasteiger partial charge in [0.05, 0.1) is 11.3 Å². The van der Waals surface area contributed by atoms with Gasteiger partial charge in [-0.25, -0.2) is 4.98 Å². The van der Waals surface area contributed by atoms with E-state index in [1.54, 1.807) is 16.2 Å². The van der Waals surface area contributed by atoms with E-state index in [2.05, 4.69) is 15.3 Å². The van der Waals surface area contributed by atoms with Crippen LogP contribution in [-0.4, -0.2) is 69.0 Å². The van der Waals surface area contributed by atoms with Gasteiger partial charge in [-0.15, -0.1) is 0 Å². The number of likely N-dealkylation sites (N-methyl/N-ethyl adjacent to an activating group) is 2. The molecular formula is C17H24N4OS. The lowest BCUT2D eigenvalue weighted by Gasteiger charge is -2.23. The van der Waals surface area contributed by atoms with E-state index in [0.717, 1.165) is 17.8 Å². The summed E-state index contributed by atoms with van der Waals surface area (Å²) in [7, 11) is 9.66. The van der Waals surface area contributed by atoms with Crippen molar-refractivity contribution in [2.45, 2.75) is 0 Å². The highest BCUT2D eigenvalue weighted by molar-refractivity contribution is 7.08. The Balaban J connectivity index is 2.29. The van der Waals surface area contributed by atoms with E-state index in [1.165, 1.54) is 0 Å². The zero-order valence-electron chi connectivity index (χ0n) is 14.4. The Morgan fingerprint density at radius 3 is 2.39 bits per heavy atom. The molecule has 0 unspecified atom stereocenters. The summed E-state index contributed by atoms with van der Waals surface area (Å²) >= 11 is 1.64. The van der Waals surface area contributed by atoms with Crippen molar-refractivity contribution in [3.63, 3.8) is 0 Å².